The number of carbonyl (C=O) groups is 1. The summed E-state index contributed by atoms with van der Waals surface area (Å²) < 4.78 is 0. The maximum atomic E-state index is 10.5. The molecule has 1 unspecified atom stereocenters. The fourth-order valence-electron chi connectivity index (χ4n) is 2.64. The molecular formula is C15H22N2O2. The number of carboxylic acids is 1. The van der Waals surface area contributed by atoms with E-state index in [1.807, 2.05) is 0 Å². The van der Waals surface area contributed by atoms with Gasteiger partial charge in [-0.3, -0.25) is 9.69 Å². The van der Waals surface area contributed by atoms with Crippen molar-refractivity contribution in [1.82, 2.24) is 10.2 Å². The molecule has 0 spiro atoms. The molecule has 0 radical (unpaired) electrons. The number of hydrogen-bond acceptors (Lipinski definition) is 3. The number of benzene rings is 1. The van der Waals surface area contributed by atoms with Gasteiger partial charge in [-0.25, -0.2) is 0 Å². The first-order valence-corrected chi connectivity index (χ1v) is 6.78. The van der Waals surface area contributed by atoms with Crippen LogP contribution in [0.3, 0.4) is 0 Å². The standard InChI is InChI=1S/C15H22N2O2/c1-11-3-4-13(12(2)7-11)9-17-6-5-14(10-17)16-8-15(18)19/h3-4,7,14,16H,5-6,8-10H2,1-2H3,(H,18,19). The van der Waals surface area contributed by atoms with Gasteiger partial charge in [0.1, 0.15) is 0 Å². The third-order valence-corrected chi connectivity index (χ3v) is 3.71. The van der Waals surface area contributed by atoms with Crippen LogP contribution in [-0.4, -0.2) is 41.7 Å². The first-order chi connectivity index (χ1) is 9.04. The van der Waals surface area contributed by atoms with E-state index in [1.165, 1.54) is 16.7 Å². The molecule has 0 amide bonds. The SMILES string of the molecule is Cc1ccc(CN2CCC(NCC(=O)O)C2)c(C)c1. The Morgan fingerprint density at radius 2 is 2.26 bits per heavy atom. The number of likely N-dealkylation sites (tertiary alicyclic amines) is 1. The number of hydrogen-bond donors (Lipinski definition) is 2. The molecule has 0 bridgehead atoms. The Morgan fingerprint density at radius 1 is 1.47 bits per heavy atom. The topological polar surface area (TPSA) is 52.6 Å². The van der Waals surface area contributed by atoms with E-state index in [0.717, 1.165) is 26.1 Å². The summed E-state index contributed by atoms with van der Waals surface area (Å²) in [5.74, 6) is -0.784. The molecule has 2 N–H and O–H groups in total. The molecule has 4 nitrogen and oxygen atoms in total. The minimum atomic E-state index is -0.784. The maximum Gasteiger partial charge on any atom is 0.317 e. The number of nitrogens with one attached hydrogen (secondary N) is 1. The predicted molar refractivity (Wildman–Crippen MR) is 75.2 cm³/mol. The number of aliphatic carboxylic acids is 1. The molecule has 1 heterocycles. The zero-order valence-electron chi connectivity index (χ0n) is 11.6. The molecule has 1 aromatic carbocycles. The van der Waals surface area contributed by atoms with Crippen molar-refractivity contribution in [1.29, 1.82) is 0 Å². The summed E-state index contributed by atoms with van der Waals surface area (Å²) in [4.78, 5) is 12.9. The highest BCUT2D eigenvalue weighted by atomic mass is 16.4. The fraction of sp³-hybridized carbons (Fsp3) is 0.533. The second kappa shape index (κ2) is 6.17. The maximum absolute atomic E-state index is 10.5. The fourth-order valence-corrected chi connectivity index (χ4v) is 2.64. The van der Waals surface area contributed by atoms with Gasteiger partial charge in [0.2, 0.25) is 0 Å². The van der Waals surface area contributed by atoms with Crippen molar-refractivity contribution < 1.29 is 9.90 Å². The highest BCUT2D eigenvalue weighted by molar-refractivity contribution is 5.69. The van der Waals surface area contributed by atoms with Gasteiger partial charge in [-0.05, 0) is 31.4 Å². The second-order valence-electron chi connectivity index (χ2n) is 5.43. The minimum absolute atomic E-state index is 0.0576. The summed E-state index contributed by atoms with van der Waals surface area (Å²) in [6, 6.07) is 6.87. The molecule has 1 aliphatic rings. The number of rotatable bonds is 5. The summed E-state index contributed by atoms with van der Waals surface area (Å²) in [5, 5.41) is 11.7. The lowest BCUT2D eigenvalue weighted by Gasteiger charge is -2.18. The molecule has 0 saturated carbocycles. The van der Waals surface area contributed by atoms with Crippen LogP contribution in [0.5, 0.6) is 0 Å². The molecule has 0 aliphatic carbocycles. The van der Waals surface area contributed by atoms with Crippen LogP contribution in [0.4, 0.5) is 0 Å². The van der Waals surface area contributed by atoms with Crippen LogP contribution in [0.2, 0.25) is 0 Å². The van der Waals surface area contributed by atoms with Gasteiger partial charge in [-0.2, -0.15) is 0 Å². The highest BCUT2D eigenvalue weighted by Gasteiger charge is 2.22. The number of nitrogens with zero attached hydrogens (tertiary/aromatic N) is 1. The lowest BCUT2D eigenvalue weighted by Crippen LogP contribution is -2.35. The van der Waals surface area contributed by atoms with Gasteiger partial charge in [-0.15, -0.1) is 0 Å². The van der Waals surface area contributed by atoms with E-state index in [4.69, 9.17) is 5.11 Å². The van der Waals surface area contributed by atoms with Crippen LogP contribution in [0, 0.1) is 13.8 Å². The molecule has 1 aliphatic heterocycles. The number of aryl methyl sites for hydroxylation is 2. The van der Waals surface area contributed by atoms with Crippen LogP contribution in [0.1, 0.15) is 23.1 Å². The minimum Gasteiger partial charge on any atom is -0.480 e. The lowest BCUT2D eigenvalue weighted by molar-refractivity contribution is -0.136. The van der Waals surface area contributed by atoms with Gasteiger partial charge in [0.15, 0.2) is 0 Å². The van der Waals surface area contributed by atoms with Gasteiger partial charge in [-0.1, -0.05) is 23.8 Å². The van der Waals surface area contributed by atoms with Crippen molar-refractivity contribution in [3.8, 4) is 0 Å². The average molecular weight is 262 g/mol. The van der Waals surface area contributed by atoms with Crippen molar-refractivity contribution in [2.45, 2.75) is 32.9 Å². The van der Waals surface area contributed by atoms with Crippen LogP contribution >= 0.6 is 0 Å². The van der Waals surface area contributed by atoms with Crippen LogP contribution in [-0.2, 0) is 11.3 Å². The molecule has 4 heteroatoms. The molecule has 2 rings (SSSR count). The molecule has 1 fully saturated rings. The first kappa shape index (κ1) is 14.0. The predicted octanol–water partition coefficient (Wildman–Crippen LogP) is 1.55. The molecule has 1 aromatic rings. The molecule has 1 saturated heterocycles. The van der Waals surface area contributed by atoms with Crippen LogP contribution in [0.25, 0.3) is 0 Å². The second-order valence-corrected chi connectivity index (χ2v) is 5.43. The van der Waals surface area contributed by atoms with E-state index in [0.29, 0.717) is 6.04 Å². The van der Waals surface area contributed by atoms with E-state index in [1.54, 1.807) is 0 Å². The summed E-state index contributed by atoms with van der Waals surface area (Å²) in [6.07, 6.45) is 1.03. The van der Waals surface area contributed by atoms with Crippen LogP contribution in [0.15, 0.2) is 18.2 Å². The van der Waals surface area contributed by atoms with E-state index < -0.39 is 5.97 Å². The smallest absolute Gasteiger partial charge is 0.317 e. The van der Waals surface area contributed by atoms with Gasteiger partial charge in [0.05, 0.1) is 6.54 Å². The van der Waals surface area contributed by atoms with E-state index >= 15 is 0 Å². The lowest BCUT2D eigenvalue weighted by atomic mass is 10.1. The van der Waals surface area contributed by atoms with Gasteiger partial charge < -0.3 is 10.4 Å². The Kier molecular flexibility index (Phi) is 4.56. The van der Waals surface area contributed by atoms with Crippen LogP contribution < -0.4 is 5.32 Å². The van der Waals surface area contributed by atoms with Crippen molar-refractivity contribution in [2.75, 3.05) is 19.6 Å². The van der Waals surface area contributed by atoms with Crippen molar-refractivity contribution in [3.05, 3.63) is 34.9 Å². The number of carboxylic acid groups (broad SMARTS) is 1. The summed E-state index contributed by atoms with van der Waals surface area (Å²) >= 11 is 0. The molecule has 1 atom stereocenters. The quantitative estimate of drug-likeness (QED) is 0.845. The largest absolute Gasteiger partial charge is 0.480 e. The normalized spacial score (nSPS) is 19.8. The molecule has 104 valence electrons. The van der Waals surface area contributed by atoms with Gasteiger partial charge >= 0.3 is 5.97 Å². The monoisotopic (exact) mass is 262 g/mol. The summed E-state index contributed by atoms with van der Waals surface area (Å²) in [7, 11) is 0. The Hall–Kier alpha value is -1.39. The van der Waals surface area contributed by atoms with Gasteiger partial charge in [0, 0.05) is 25.7 Å². The van der Waals surface area contributed by atoms with Crippen molar-refractivity contribution in [2.24, 2.45) is 0 Å². The third kappa shape index (κ3) is 4.04. The van der Waals surface area contributed by atoms with E-state index in [2.05, 4.69) is 42.3 Å². The van der Waals surface area contributed by atoms with Crippen molar-refractivity contribution in [3.63, 3.8) is 0 Å². The van der Waals surface area contributed by atoms with E-state index in [-0.39, 0.29) is 6.54 Å². The third-order valence-electron chi connectivity index (χ3n) is 3.71. The molecule has 19 heavy (non-hydrogen) atoms. The highest BCUT2D eigenvalue weighted by Crippen LogP contribution is 2.17. The Labute approximate surface area is 114 Å². The Morgan fingerprint density at radius 3 is 2.95 bits per heavy atom. The molecule has 0 aromatic heterocycles. The Bertz CT molecular complexity index is 459. The Balaban J connectivity index is 1.86. The zero-order chi connectivity index (χ0) is 13.8. The summed E-state index contributed by atoms with van der Waals surface area (Å²) in [6.45, 7) is 7.24. The van der Waals surface area contributed by atoms with Crippen molar-refractivity contribution >= 4 is 5.97 Å². The molecular weight excluding hydrogens is 240 g/mol. The zero-order valence-corrected chi connectivity index (χ0v) is 11.6. The van der Waals surface area contributed by atoms with Gasteiger partial charge in [0.25, 0.3) is 0 Å². The summed E-state index contributed by atoms with van der Waals surface area (Å²) in [5.41, 5.74) is 4.00. The first-order valence-electron chi connectivity index (χ1n) is 6.78. The van der Waals surface area contributed by atoms with E-state index in [9.17, 15) is 4.79 Å². The average Bonchev–Trinajstić information content (AvgIpc) is 2.78.